The number of anilines is 1. The third-order valence-corrected chi connectivity index (χ3v) is 6.64. The molecule has 8 nitrogen and oxygen atoms in total. The van der Waals surface area contributed by atoms with Crippen molar-refractivity contribution < 1.29 is 9.59 Å². The molecule has 3 aromatic rings. The first-order valence-electron chi connectivity index (χ1n) is 11.5. The van der Waals surface area contributed by atoms with E-state index in [9.17, 15) is 9.59 Å². The van der Waals surface area contributed by atoms with Gasteiger partial charge in [-0.2, -0.15) is 5.10 Å². The maximum absolute atomic E-state index is 12.8. The fraction of sp³-hybridized carbons (Fsp3) is 0.400. The van der Waals surface area contributed by atoms with Gasteiger partial charge in [0.15, 0.2) is 0 Å². The molecule has 0 atom stereocenters. The highest BCUT2D eigenvalue weighted by Gasteiger charge is 2.31. The van der Waals surface area contributed by atoms with E-state index in [0.717, 1.165) is 41.3 Å². The minimum absolute atomic E-state index is 0.0173. The van der Waals surface area contributed by atoms with Crippen molar-refractivity contribution in [3.63, 3.8) is 0 Å². The Kier molecular flexibility index (Phi) is 5.66. The molecule has 0 saturated carbocycles. The molecule has 170 valence electrons. The second kappa shape index (κ2) is 8.77. The summed E-state index contributed by atoms with van der Waals surface area (Å²) >= 11 is 0. The lowest BCUT2D eigenvalue weighted by Crippen LogP contribution is -2.39. The molecule has 2 aromatic heterocycles. The van der Waals surface area contributed by atoms with Crippen LogP contribution in [-0.4, -0.2) is 49.6 Å². The molecule has 1 saturated heterocycles. The molecule has 5 rings (SSSR count). The van der Waals surface area contributed by atoms with Crippen LogP contribution in [0, 0.1) is 6.92 Å². The van der Waals surface area contributed by atoms with Gasteiger partial charge in [-0.05, 0) is 31.7 Å². The van der Waals surface area contributed by atoms with Crippen molar-refractivity contribution in [1.29, 1.82) is 0 Å². The molecular weight excluding hydrogens is 416 g/mol. The molecule has 0 spiro atoms. The van der Waals surface area contributed by atoms with Crippen LogP contribution in [0.25, 0.3) is 0 Å². The molecule has 1 aromatic carbocycles. The van der Waals surface area contributed by atoms with Gasteiger partial charge in [0.1, 0.15) is 11.6 Å². The van der Waals surface area contributed by atoms with Gasteiger partial charge in [-0.1, -0.05) is 30.3 Å². The average molecular weight is 445 g/mol. The van der Waals surface area contributed by atoms with Crippen LogP contribution >= 0.6 is 0 Å². The van der Waals surface area contributed by atoms with Gasteiger partial charge in [0, 0.05) is 49.9 Å². The van der Waals surface area contributed by atoms with Crippen LogP contribution in [0.3, 0.4) is 0 Å². The van der Waals surface area contributed by atoms with E-state index in [1.165, 1.54) is 0 Å². The lowest BCUT2D eigenvalue weighted by molar-refractivity contribution is -0.119. The largest absolute Gasteiger partial charge is 0.339 e. The number of likely N-dealkylation sites (tertiary alicyclic amines) is 1. The van der Waals surface area contributed by atoms with Crippen molar-refractivity contribution in [2.24, 2.45) is 7.05 Å². The summed E-state index contributed by atoms with van der Waals surface area (Å²) in [5.41, 5.74) is 3.72. The lowest BCUT2D eigenvalue weighted by atomic mass is 9.94. The SMILES string of the molecule is Cc1nc(C2CCN(C(=O)c3cnn(C)c3)CC2)nc2c1CCC(=O)N2Cc1ccccc1. The summed E-state index contributed by atoms with van der Waals surface area (Å²) in [7, 11) is 1.81. The monoisotopic (exact) mass is 444 g/mol. The predicted octanol–water partition coefficient (Wildman–Crippen LogP) is 3.02. The first-order chi connectivity index (χ1) is 16.0. The van der Waals surface area contributed by atoms with Crippen LogP contribution in [0.4, 0.5) is 5.82 Å². The summed E-state index contributed by atoms with van der Waals surface area (Å²) in [5, 5.41) is 4.11. The molecule has 0 aliphatic carbocycles. The number of nitrogens with zero attached hydrogens (tertiary/aromatic N) is 6. The second-order valence-corrected chi connectivity index (χ2v) is 8.90. The fourth-order valence-electron chi connectivity index (χ4n) is 4.77. The highest BCUT2D eigenvalue weighted by Crippen LogP contribution is 2.33. The van der Waals surface area contributed by atoms with Crippen LogP contribution in [0.2, 0.25) is 0 Å². The number of amides is 2. The van der Waals surface area contributed by atoms with E-state index >= 15 is 0 Å². The Labute approximate surface area is 193 Å². The van der Waals surface area contributed by atoms with Crippen molar-refractivity contribution in [2.45, 2.75) is 45.1 Å². The highest BCUT2D eigenvalue weighted by molar-refractivity contribution is 5.95. The van der Waals surface area contributed by atoms with E-state index in [0.29, 0.717) is 38.0 Å². The highest BCUT2D eigenvalue weighted by atomic mass is 16.2. The molecule has 0 bridgehead atoms. The smallest absolute Gasteiger partial charge is 0.257 e. The number of aryl methyl sites for hydroxylation is 2. The molecule has 2 aliphatic rings. The van der Waals surface area contributed by atoms with Gasteiger partial charge < -0.3 is 4.90 Å². The number of rotatable bonds is 4. The zero-order valence-corrected chi connectivity index (χ0v) is 19.1. The Morgan fingerprint density at radius 3 is 2.55 bits per heavy atom. The quantitative estimate of drug-likeness (QED) is 0.618. The number of piperidine rings is 1. The van der Waals surface area contributed by atoms with Crippen LogP contribution in [0.5, 0.6) is 0 Å². The molecule has 1 fully saturated rings. The summed E-state index contributed by atoms with van der Waals surface area (Å²) in [6.07, 6.45) is 6.14. The molecule has 4 heterocycles. The minimum atomic E-state index is 0.0173. The van der Waals surface area contributed by atoms with Crippen LogP contribution in [-0.2, 0) is 24.8 Å². The van der Waals surface area contributed by atoms with Gasteiger partial charge in [0.25, 0.3) is 5.91 Å². The molecule has 0 unspecified atom stereocenters. The number of aromatic nitrogens is 4. The third-order valence-electron chi connectivity index (χ3n) is 6.64. The Morgan fingerprint density at radius 1 is 1.09 bits per heavy atom. The van der Waals surface area contributed by atoms with E-state index in [1.54, 1.807) is 17.1 Å². The van der Waals surface area contributed by atoms with Crippen LogP contribution in [0.1, 0.15) is 58.2 Å². The number of hydrogen-bond donors (Lipinski definition) is 0. The summed E-state index contributed by atoms with van der Waals surface area (Å²) in [5.74, 6) is 1.83. The number of hydrogen-bond acceptors (Lipinski definition) is 5. The molecule has 2 amide bonds. The third kappa shape index (κ3) is 4.25. The summed E-state index contributed by atoms with van der Waals surface area (Å²) < 4.78 is 1.65. The molecular formula is C25H28N6O2. The van der Waals surface area contributed by atoms with Crippen molar-refractivity contribution in [1.82, 2.24) is 24.6 Å². The summed E-state index contributed by atoms with van der Waals surface area (Å²) in [6, 6.07) is 10.0. The number of carbonyl (C=O) groups excluding carboxylic acids is 2. The molecule has 0 radical (unpaired) electrons. The van der Waals surface area contributed by atoms with E-state index < -0.39 is 0 Å². The standard InChI is InChI=1S/C25H28N6O2/c1-17-21-8-9-22(32)31(15-18-6-4-3-5-7-18)24(21)28-23(27-17)19-10-12-30(13-11-19)25(33)20-14-26-29(2)16-20/h3-7,14,16,19H,8-13,15H2,1-2H3. The maximum atomic E-state index is 12.8. The first kappa shape index (κ1) is 21.3. The lowest BCUT2D eigenvalue weighted by Gasteiger charge is -2.33. The Bertz CT molecular complexity index is 1180. The van der Waals surface area contributed by atoms with E-state index in [-0.39, 0.29) is 17.7 Å². The van der Waals surface area contributed by atoms with E-state index in [4.69, 9.17) is 9.97 Å². The normalized spacial score (nSPS) is 16.7. The van der Waals surface area contributed by atoms with Crippen LogP contribution < -0.4 is 4.90 Å². The first-order valence-corrected chi connectivity index (χ1v) is 11.5. The predicted molar refractivity (Wildman–Crippen MR) is 124 cm³/mol. The topological polar surface area (TPSA) is 84.2 Å². The van der Waals surface area contributed by atoms with Gasteiger partial charge in [0.05, 0.1) is 18.3 Å². The number of carbonyl (C=O) groups is 2. The van der Waals surface area contributed by atoms with Crippen molar-refractivity contribution in [3.8, 4) is 0 Å². The zero-order chi connectivity index (χ0) is 22.9. The maximum Gasteiger partial charge on any atom is 0.257 e. The fourth-order valence-corrected chi connectivity index (χ4v) is 4.77. The van der Waals surface area contributed by atoms with Gasteiger partial charge in [0.2, 0.25) is 5.91 Å². The van der Waals surface area contributed by atoms with E-state index in [2.05, 4.69) is 5.10 Å². The van der Waals surface area contributed by atoms with Gasteiger partial charge >= 0.3 is 0 Å². The molecule has 0 N–H and O–H groups in total. The Hall–Kier alpha value is -3.55. The van der Waals surface area contributed by atoms with Gasteiger partial charge in [-0.25, -0.2) is 9.97 Å². The molecule has 2 aliphatic heterocycles. The van der Waals surface area contributed by atoms with Crippen LogP contribution in [0.15, 0.2) is 42.7 Å². The Balaban J connectivity index is 1.35. The summed E-state index contributed by atoms with van der Waals surface area (Å²) in [4.78, 5) is 39.0. The van der Waals surface area contributed by atoms with Gasteiger partial charge in [-0.3, -0.25) is 19.2 Å². The van der Waals surface area contributed by atoms with Crippen molar-refractivity contribution in [2.75, 3.05) is 18.0 Å². The Morgan fingerprint density at radius 2 is 1.85 bits per heavy atom. The van der Waals surface area contributed by atoms with E-state index in [1.807, 2.05) is 54.1 Å². The average Bonchev–Trinajstić information content (AvgIpc) is 3.27. The van der Waals surface area contributed by atoms with Crippen molar-refractivity contribution in [3.05, 3.63) is 70.9 Å². The molecule has 8 heteroatoms. The molecule has 33 heavy (non-hydrogen) atoms. The second-order valence-electron chi connectivity index (χ2n) is 8.90. The summed E-state index contributed by atoms with van der Waals surface area (Å²) in [6.45, 7) is 3.84. The minimum Gasteiger partial charge on any atom is -0.339 e. The zero-order valence-electron chi connectivity index (χ0n) is 19.1. The van der Waals surface area contributed by atoms with Crippen molar-refractivity contribution >= 4 is 17.6 Å². The number of benzene rings is 1. The van der Waals surface area contributed by atoms with Gasteiger partial charge in [-0.15, -0.1) is 0 Å². The number of fused-ring (bicyclic) bond motifs is 1.